The number of carbonyl (C=O) groups is 4. The van der Waals surface area contributed by atoms with E-state index in [1.165, 1.54) is 47.2 Å². The zero-order valence-electron chi connectivity index (χ0n) is 16.7. The number of benzene rings is 1. The van der Waals surface area contributed by atoms with Gasteiger partial charge in [-0.1, -0.05) is 12.1 Å². The highest BCUT2D eigenvalue weighted by molar-refractivity contribution is 5.95. The maximum atomic E-state index is 10.7. The summed E-state index contributed by atoms with van der Waals surface area (Å²) in [7, 11) is 0. The maximum Gasteiger partial charge on any atom is 0.278 e. The zero-order valence-corrected chi connectivity index (χ0v) is 16.7. The zero-order chi connectivity index (χ0) is 24.9. The molecule has 0 saturated heterocycles. The normalized spacial score (nSPS) is 8.44. The van der Waals surface area contributed by atoms with E-state index in [2.05, 4.69) is 4.98 Å². The summed E-state index contributed by atoms with van der Waals surface area (Å²) < 4.78 is 0. The number of nitrogens with two attached hydrogens (primary N) is 1. The average molecular weight is 456 g/mol. The average Bonchev–Trinajstić information content (AvgIpc) is 2.84. The summed E-state index contributed by atoms with van der Waals surface area (Å²) in [6.45, 7) is 1.05. The first kappa shape index (κ1) is 30.0. The monoisotopic (exact) mass is 456 g/mol. The second-order valence-corrected chi connectivity index (χ2v) is 5.05. The Morgan fingerprint density at radius 2 is 1.44 bits per heavy atom. The quantitative estimate of drug-likeness (QED) is 0.191. The number of phenolic OH excluding ortho intramolecular Hbond substituents is 1. The van der Waals surface area contributed by atoms with Crippen LogP contribution in [0.2, 0.25) is 0 Å². The molecule has 0 aliphatic rings. The molecule has 11 N–H and O–H groups in total. The largest absolute Gasteiger partial charge is 0.507 e. The Hall–Kier alpha value is -4.15. The van der Waals surface area contributed by atoms with Gasteiger partial charge in [-0.15, -0.1) is 0 Å². The SMILES string of the molecule is CC(=O)NO.NCC(=O)NO.O=C(NO)c1ccccc1O.O=C(NO)c1cccnc1. The van der Waals surface area contributed by atoms with E-state index >= 15 is 0 Å². The standard InChI is InChI=1S/C7H7NO3.C6H6N2O2.C2H6N2O2.C2H5NO2/c9-6-4-2-1-3-5(6)7(10)8-11;9-6(8-10)5-2-1-3-7-4-5;3-1-2(5)4-6;1-2(4)3-5/h1-4,9,11H,(H,8,10);1-4,10H,(H,8,9);6H,1,3H2,(H,4,5);5H,1H3,(H,3,4). The minimum atomic E-state index is -0.719. The fourth-order valence-corrected chi connectivity index (χ4v) is 1.33. The highest BCUT2D eigenvalue weighted by Crippen LogP contribution is 2.14. The van der Waals surface area contributed by atoms with E-state index in [0.29, 0.717) is 5.56 Å². The van der Waals surface area contributed by atoms with Gasteiger partial charge in [-0.05, 0) is 24.3 Å². The van der Waals surface area contributed by atoms with Crippen LogP contribution in [0, 0.1) is 0 Å². The number of pyridine rings is 1. The van der Waals surface area contributed by atoms with Gasteiger partial charge in [-0.3, -0.25) is 45.0 Å². The van der Waals surface area contributed by atoms with Crippen molar-refractivity contribution in [1.82, 2.24) is 26.9 Å². The number of aromatic hydroxyl groups is 1. The molecule has 0 aliphatic heterocycles. The van der Waals surface area contributed by atoms with Gasteiger partial charge in [0.05, 0.1) is 17.7 Å². The van der Waals surface area contributed by atoms with Crippen LogP contribution in [0.4, 0.5) is 0 Å². The van der Waals surface area contributed by atoms with Crippen molar-refractivity contribution in [3.8, 4) is 5.75 Å². The third-order valence-corrected chi connectivity index (χ3v) is 2.74. The van der Waals surface area contributed by atoms with Gasteiger partial charge in [0.15, 0.2) is 0 Å². The van der Waals surface area contributed by atoms with Crippen LogP contribution in [0.3, 0.4) is 0 Å². The number of rotatable bonds is 3. The van der Waals surface area contributed by atoms with Crippen LogP contribution in [0.25, 0.3) is 0 Å². The summed E-state index contributed by atoms with van der Waals surface area (Å²) in [5.41, 5.74) is 10.8. The number of phenols is 1. The van der Waals surface area contributed by atoms with E-state index in [4.69, 9.17) is 31.7 Å². The van der Waals surface area contributed by atoms with Crippen molar-refractivity contribution >= 4 is 23.6 Å². The summed E-state index contributed by atoms with van der Waals surface area (Å²) in [5.74, 6) is -2.43. The summed E-state index contributed by atoms with van der Waals surface area (Å²) in [4.78, 5) is 44.2. The first-order valence-electron chi connectivity index (χ1n) is 8.28. The molecule has 0 unspecified atom stereocenters. The molecule has 2 rings (SSSR count). The van der Waals surface area contributed by atoms with Gasteiger partial charge in [0, 0.05) is 19.3 Å². The van der Waals surface area contributed by atoms with Crippen molar-refractivity contribution in [3.63, 3.8) is 0 Å². The number of nitrogens with one attached hydrogen (secondary N) is 4. The Bertz CT molecular complexity index is 830. The number of hydrogen-bond donors (Lipinski definition) is 10. The predicted molar refractivity (Wildman–Crippen MR) is 105 cm³/mol. The Morgan fingerprint density at radius 3 is 1.78 bits per heavy atom. The van der Waals surface area contributed by atoms with Crippen LogP contribution in [0.15, 0.2) is 48.8 Å². The first-order valence-corrected chi connectivity index (χ1v) is 8.28. The third-order valence-electron chi connectivity index (χ3n) is 2.74. The van der Waals surface area contributed by atoms with E-state index < -0.39 is 23.6 Å². The molecule has 0 atom stereocenters. The Balaban J connectivity index is 0. The topological polar surface area (TPSA) is 256 Å². The molecule has 0 aliphatic carbocycles. The number of carbonyl (C=O) groups excluding carboxylic acids is 4. The van der Waals surface area contributed by atoms with Crippen LogP contribution in [0.1, 0.15) is 27.6 Å². The van der Waals surface area contributed by atoms with Gasteiger partial charge in [0.2, 0.25) is 5.91 Å². The van der Waals surface area contributed by atoms with Crippen molar-refractivity contribution in [2.75, 3.05) is 6.54 Å². The van der Waals surface area contributed by atoms with Crippen LogP contribution in [0.5, 0.6) is 5.75 Å². The number of para-hydroxylation sites is 1. The van der Waals surface area contributed by atoms with Crippen LogP contribution in [-0.4, -0.2) is 61.1 Å². The van der Waals surface area contributed by atoms with Crippen LogP contribution >= 0.6 is 0 Å². The Kier molecular flexibility index (Phi) is 17.7. The molecule has 0 fully saturated rings. The van der Waals surface area contributed by atoms with Gasteiger partial charge in [-0.2, -0.15) is 0 Å². The molecule has 0 spiro atoms. The van der Waals surface area contributed by atoms with Gasteiger partial charge in [0.1, 0.15) is 5.75 Å². The predicted octanol–water partition coefficient (Wildman–Crippen LogP) is -1.33. The number of hydrogen-bond acceptors (Lipinski definition) is 11. The van der Waals surface area contributed by atoms with E-state index in [1.807, 2.05) is 0 Å². The number of aromatic nitrogens is 1. The molecule has 0 saturated carbocycles. The Labute approximate surface area is 181 Å². The number of hydroxylamine groups is 4. The molecule has 1 aromatic heterocycles. The first-order chi connectivity index (χ1) is 15.2. The second-order valence-electron chi connectivity index (χ2n) is 5.05. The lowest BCUT2D eigenvalue weighted by atomic mass is 10.2. The summed E-state index contributed by atoms with van der Waals surface area (Å²) in [5, 5.41) is 40.6. The van der Waals surface area contributed by atoms with Crippen LogP contribution in [-0.2, 0) is 9.59 Å². The molecule has 0 bridgehead atoms. The van der Waals surface area contributed by atoms with Gasteiger partial charge in [-0.25, -0.2) is 21.9 Å². The Morgan fingerprint density at radius 1 is 0.875 bits per heavy atom. The molecule has 0 radical (unpaired) electrons. The van der Waals surface area contributed by atoms with Crippen molar-refractivity contribution < 1.29 is 45.1 Å². The molecule has 15 heteroatoms. The second kappa shape index (κ2) is 18.9. The van der Waals surface area contributed by atoms with E-state index in [0.717, 1.165) is 0 Å². The summed E-state index contributed by atoms with van der Waals surface area (Å²) in [6.07, 6.45) is 2.92. The molecule has 1 aromatic carbocycles. The van der Waals surface area contributed by atoms with Crippen molar-refractivity contribution in [3.05, 3.63) is 59.9 Å². The van der Waals surface area contributed by atoms with Crippen molar-refractivity contribution in [1.29, 1.82) is 0 Å². The molecule has 15 nitrogen and oxygen atoms in total. The summed E-state index contributed by atoms with van der Waals surface area (Å²) in [6, 6.07) is 9.11. The highest BCUT2D eigenvalue weighted by atomic mass is 16.5. The third kappa shape index (κ3) is 14.8. The molecule has 1 heterocycles. The van der Waals surface area contributed by atoms with E-state index in [1.54, 1.807) is 30.5 Å². The molecule has 32 heavy (non-hydrogen) atoms. The van der Waals surface area contributed by atoms with Gasteiger partial charge in [0.25, 0.3) is 17.7 Å². The highest BCUT2D eigenvalue weighted by Gasteiger charge is 2.07. The minimum absolute atomic E-state index is 0.0509. The fraction of sp³-hybridized carbons (Fsp3) is 0.118. The van der Waals surface area contributed by atoms with E-state index in [-0.39, 0.29) is 17.9 Å². The molecular formula is C17H24N6O9. The lowest BCUT2D eigenvalue weighted by molar-refractivity contribution is -0.128. The summed E-state index contributed by atoms with van der Waals surface area (Å²) >= 11 is 0. The van der Waals surface area contributed by atoms with Gasteiger partial charge >= 0.3 is 0 Å². The maximum absolute atomic E-state index is 10.7. The number of nitrogens with zero attached hydrogens (tertiary/aromatic N) is 1. The fourth-order valence-electron chi connectivity index (χ4n) is 1.33. The lowest BCUT2D eigenvalue weighted by Gasteiger charge is -1.99. The minimum Gasteiger partial charge on any atom is -0.507 e. The number of amides is 4. The molecule has 4 amide bonds. The van der Waals surface area contributed by atoms with Gasteiger partial charge < -0.3 is 10.8 Å². The van der Waals surface area contributed by atoms with Crippen molar-refractivity contribution in [2.24, 2.45) is 5.73 Å². The van der Waals surface area contributed by atoms with E-state index in [9.17, 15) is 19.2 Å². The lowest BCUT2D eigenvalue weighted by Crippen LogP contribution is -2.26. The van der Waals surface area contributed by atoms with Crippen LogP contribution < -0.4 is 27.7 Å². The smallest absolute Gasteiger partial charge is 0.278 e. The molecule has 176 valence electrons. The van der Waals surface area contributed by atoms with Crippen molar-refractivity contribution in [2.45, 2.75) is 6.92 Å². The molecular weight excluding hydrogens is 432 g/mol. The molecule has 2 aromatic rings.